The number of hydrogen-bond donors (Lipinski definition) is 2. The van der Waals surface area contributed by atoms with E-state index in [1.165, 1.54) is 0 Å². The summed E-state index contributed by atoms with van der Waals surface area (Å²) in [6.07, 6.45) is 0. The summed E-state index contributed by atoms with van der Waals surface area (Å²) >= 11 is 5.52. The number of thiocarbonyl (C=S) groups is 1. The third-order valence-corrected chi connectivity index (χ3v) is 4.68. The molecule has 6 nitrogen and oxygen atoms in total. The molecule has 0 aliphatic rings. The fraction of sp³-hybridized carbons (Fsp3) is 0.250. The lowest BCUT2D eigenvalue weighted by Crippen LogP contribution is -2.39. The maximum atomic E-state index is 12.2. The first kappa shape index (κ1) is 18.8. The van der Waals surface area contributed by atoms with Crippen molar-refractivity contribution in [3.05, 3.63) is 70.3 Å². The molecule has 0 saturated heterocycles. The largest absolute Gasteiger partial charge is 0.497 e. The zero-order valence-electron chi connectivity index (χ0n) is 15.4. The molecule has 0 saturated carbocycles. The second-order valence-electron chi connectivity index (χ2n) is 6.05. The molecule has 0 fully saturated rings. The van der Waals surface area contributed by atoms with Gasteiger partial charge in [-0.15, -0.1) is 0 Å². The molecule has 0 amide bonds. The number of nitrogens with zero attached hydrogens (tertiary/aromatic N) is 2. The Bertz CT molecular complexity index is 985. The Morgan fingerprint density at radius 2 is 1.96 bits per heavy atom. The van der Waals surface area contributed by atoms with Crippen LogP contribution in [0.5, 0.6) is 5.75 Å². The Labute approximate surface area is 163 Å². The van der Waals surface area contributed by atoms with Crippen LogP contribution in [0.1, 0.15) is 18.3 Å². The van der Waals surface area contributed by atoms with Gasteiger partial charge in [0.1, 0.15) is 11.6 Å². The molecule has 2 N–H and O–H groups in total. The first-order chi connectivity index (χ1) is 13.1. The van der Waals surface area contributed by atoms with E-state index in [9.17, 15) is 4.79 Å². The maximum absolute atomic E-state index is 12.2. The molecule has 0 atom stereocenters. The lowest BCUT2D eigenvalue weighted by Gasteiger charge is -2.24. The van der Waals surface area contributed by atoms with E-state index >= 15 is 0 Å². The zero-order chi connectivity index (χ0) is 19.2. The van der Waals surface area contributed by atoms with Crippen LogP contribution in [0.4, 0.5) is 0 Å². The summed E-state index contributed by atoms with van der Waals surface area (Å²) in [5.74, 6) is 1.41. The van der Waals surface area contributed by atoms with Gasteiger partial charge in [-0.25, -0.2) is 4.98 Å². The number of benzene rings is 2. The van der Waals surface area contributed by atoms with Crippen LogP contribution in [-0.4, -0.2) is 33.6 Å². The Hall–Kier alpha value is -2.93. The van der Waals surface area contributed by atoms with Crippen LogP contribution in [0, 0.1) is 0 Å². The average Bonchev–Trinajstić information content (AvgIpc) is 2.70. The third-order valence-electron chi connectivity index (χ3n) is 4.27. The van der Waals surface area contributed by atoms with Crippen LogP contribution in [0.15, 0.2) is 53.3 Å². The molecule has 0 unspecified atom stereocenters. The zero-order valence-corrected chi connectivity index (χ0v) is 16.2. The molecule has 1 aromatic heterocycles. The molecular formula is C20H22N4O2S. The first-order valence-electron chi connectivity index (χ1n) is 8.74. The van der Waals surface area contributed by atoms with Crippen molar-refractivity contribution in [1.29, 1.82) is 0 Å². The molecule has 0 spiro atoms. The number of hydrogen-bond acceptors (Lipinski definition) is 4. The van der Waals surface area contributed by atoms with Crippen molar-refractivity contribution in [2.45, 2.75) is 20.0 Å². The van der Waals surface area contributed by atoms with Gasteiger partial charge >= 0.3 is 0 Å². The van der Waals surface area contributed by atoms with Crippen molar-refractivity contribution >= 4 is 28.2 Å². The highest BCUT2D eigenvalue weighted by molar-refractivity contribution is 7.80. The van der Waals surface area contributed by atoms with E-state index in [2.05, 4.69) is 15.3 Å². The van der Waals surface area contributed by atoms with E-state index in [4.69, 9.17) is 17.0 Å². The van der Waals surface area contributed by atoms with Gasteiger partial charge in [0.15, 0.2) is 5.11 Å². The minimum absolute atomic E-state index is 0.135. The fourth-order valence-electron chi connectivity index (χ4n) is 2.75. The number of methoxy groups -OCH3 is 1. The van der Waals surface area contributed by atoms with Gasteiger partial charge in [0.25, 0.3) is 5.56 Å². The monoisotopic (exact) mass is 382 g/mol. The molecule has 3 rings (SSSR count). The van der Waals surface area contributed by atoms with Crippen LogP contribution >= 0.6 is 12.2 Å². The number of para-hydroxylation sites is 1. The van der Waals surface area contributed by atoms with Crippen LogP contribution in [0.2, 0.25) is 0 Å². The summed E-state index contributed by atoms with van der Waals surface area (Å²) in [6.45, 7) is 3.76. The van der Waals surface area contributed by atoms with Crippen molar-refractivity contribution < 1.29 is 4.74 Å². The Morgan fingerprint density at radius 3 is 2.67 bits per heavy atom. The summed E-state index contributed by atoms with van der Waals surface area (Å²) < 4.78 is 5.17. The highest BCUT2D eigenvalue weighted by Crippen LogP contribution is 2.11. The highest BCUT2D eigenvalue weighted by Gasteiger charge is 2.11. The number of H-pyrrole nitrogens is 1. The van der Waals surface area contributed by atoms with Crippen LogP contribution < -0.4 is 15.6 Å². The van der Waals surface area contributed by atoms with E-state index < -0.39 is 0 Å². The quantitative estimate of drug-likeness (QED) is 0.639. The predicted octanol–water partition coefficient (Wildman–Crippen LogP) is 2.83. The molecule has 27 heavy (non-hydrogen) atoms. The van der Waals surface area contributed by atoms with Crippen molar-refractivity contribution in [3.8, 4) is 5.75 Å². The second kappa shape index (κ2) is 8.64. The van der Waals surface area contributed by atoms with E-state index in [1.54, 1.807) is 13.2 Å². The van der Waals surface area contributed by atoms with Gasteiger partial charge in [-0.3, -0.25) is 4.79 Å². The van der Waals surface area contributed by atoms with Gasteiger partial charge in [-0.05, 0) is 49.0 Å². The summed E-state index contributed by atoms with van der Waals surface area (Å²) in [5.41, 5.74) is 1.65. The smallest absolute Gasteiger partial charge is 0.258 e. The van der Waals surface area contributed by atoms with Crippen LogP contribution in [0.3, 0.4) is 0 Å². The third kappa shape index (κ3) is 4.62. The minimum atomic E-state index is -0.135. The molecule has 0 aliphatic carbocycles. The normalized spacial score (nSPS) is 10.6. The molecule has 0 aliphatic heterocycles. The highest BCUT2D eigenvalue weighted by atomic mass is 32.1. The van der Waals surface area contributed by atoms with Gasteiger partial charge < -0.3 is 19.9 Å². The fourth-order valence-corrected chi connectivity index (χ4v) is 3.02. The molecular weight excluding hydrogens is 360 g/mol. The van der Waals surface area contributed by atoms with E-state index in [1.807, 2.05) is 54.3 Å². The van der Waals surface area contributed by atoms with Crippen molar-refractivity contribution in [2.75, 3.05) is 13.7 Å². The lowest BCUT2D eigenvalue weighted by atomic mass is 10.2. The minimum Gasteiger partial charge on any atom is -0.497 e. The Morgan fingerprint density at radius 1 is 1.22 bits per heavy atom. The van der Waals surface area contributed by atoms with E-state index in [0.29, 0.717) is 41.5 Å². The Balaban J connectivity index is 1.67. The Kier molecular flexibility index (Phi) is 6.03. The molecule has 1 heterocycles. The lowest BCUT2D eigenvalue weighted by molar-refractivity contribution is 0.413. The standard InChI is InChI=1S/C20H22N4O2S/c1-3-24(20(27)21-12-14-8-10-15(26-2)11-9-14)13-18-22-17-7-5-4-6-16(17)19(25)23-18/h4-11H,3,12-13H2,1-2H3,(H,21,27)(H,22,23,25). The number of aromatic nitrogens is 2. The molecule has 7 heteroatoms. The molecule has 140 valence electrons. The van der Waals surface area contributed by atoms with Crippen molar-refractivity contribution in [2.24, 2.45) is 0 Å². The van der Waals surface area contributed by atoms with Gasteiger partial charge in [0.2, 0.25) is 0 Å². The SMILES string of the molecule is CCN(Cc1nc2ccccc2c(=O)[nH]1)C(=S)NCc1ccc(OC)cc1. The van der Waals surface area contributed by atoms with Crippen LogP contribution in [-0.2, 0) is 13.1 Å². The topological polar surface area (TPSA) is 70.2 Å². The predicted molar refractivity (Wildman–Crippen MR) is 111 cm³/mol. The molecule has 2 aromatic carbocycles. The van der Waals surface area contributed by atoms with Gasteiger partial charge in [-0.1, -0.05) is 24.3 Å². The summed E-state index contributed by atoms with van der Waals surface area (Å²) in [5, 5.41) is 4.46. The summed E-state index contributed by atoms with van der Waals surface area (Å²) in [6, 6.07) is 15.1. The van der Waals surface area contributed by atoms with Crippen molar-refractivity contribution in [3.63, 3.8) is 0 Å². The van der Waals surface area contributed by atoms with Crippen molar-refractivity contribution in [1.82, 2.24) is 20.2 Å². The molecule has 3 aromatic rings. The van der Waals surface area contributed by atoms with E-state index in [0.717, 1.165) is 11.3 Å². The maximum Gasteiger partial charge on any atom is 0.258 e. The van der Waals surface area contributed by atoms with E-state index in [-0.39, 0.29) is 5.56 Å². The van der Waals surface area contributed by atoms with Crippen LogP contribution in [0.25, 0.3) is 10.9 Å². The molecule has 0 radical (unpaired) electrons. The van der Waals surface area contributed by atoms with Gasteiger partial charge in [0.05, 0.1) is 24.6 Å². The number of nitrogens with one attached hydrogen (secondary N) is 2. The number of aromatic amines is 1. The summed E-state index contributed by atoms with van der Waals surface area (Å²) in [7, 11) is 1.65. The van der Waals surface area contributed by atoms with Gasteiger partial charge in [0, 0.05) is 13.1 Å². The number of fused-ring (bicyclic) bond motifs is 1. The summed E-state index contributed by atoms with van der Waals surface area (Å²) in [4.78, 5) is 21.6. The molecule has 0 bridgehead atoms. The average molecular weight is 382 g/mol. The number of rotatable bonds is 6. The second-order valence-corrected chi connectivity index (χ2v) is 6.44. The van der Waals surface area contributed by atoms with Gasteiger partial charge in [-0.2, -0.15) is 0 Å². The number of ether oxygens (including phenoxy) is 1. The first-order valence-corrected chi connectivity index (χ1v) is 9.15.